The number of methoxy groups -OCH3 is 1. The third kappa shape index (κ3) is 4.44. The monoisotopic (exact) mass is 254 g/mol. The molecular weight excluding hydrogens is 228 g/mol. The molecular formula is C14H26N2O2. The van der Waals surface area contributed by atoms with Crippen molar-refractivity contribution in [2.75, 3.05) is 27.3 Å². The van der Waals surface area contributed by atoms with Crippen LogP contribution in [0.5, 0.6) is 0 Å². The molecule has 0 saturated heterocycles. The Balaban J connectivity index is 2.56. The molecule has 18 heavy (non-hydrogen) atoms. The number of aryl methyl sites for hydroxylation is 1. The van der Waals surface area contributed by atoms with Gasteiger partial charge in [0.2, 0.25) is 0 Å². The fourth-order valence-corrected chi connectivity index (χ4v) is 1.85. The Kier molecular flexibility index (Phi) is 6.39. The van der Waals surface area contributed by atoms with Crippen LogP contribution in [0.25, 0.3) is 0 Å². The van der Waals surface area contributed by atoms with Gasteiger partial charge in [-0.1, -0.05) is 6.92 Å². The van der Waals surface area contributed by atoms with E-state index in [1.54, 1.807) is 7.11 Å². The molecule has 104 valence electrons. The Labute approximate surface area is 110 Å². The molecule has 4 nitrogen and oxygen atoms in total. The van der Waals surface area contributed by atoms with Gasteiger partial charge in [-0.25, -0.2) is 0 Å². The standard InChI is InChI=1S/C14H26N2O2/c1-6-15-8-14-11(2)7-13(18-14)9-16(4)12(3)10-17-5/h7,12,15H,6,8-10H2,1-5H3. The molecule has 1 N–H and O–H groups in total. The van der Waals surface area contributed by atoms with Crippen LogP contribution >= 0.6 is 0 Å². The predicted octanol–water partition coefficient (Wildman–Crippen LogP) is 2.16. The van der Waals surface area contributed by atoms with Gasteiger partial charge >= 0.3 is 0 Å². The highest BCUT2D eigenvalue weighted by Crippen LogP contribution is 2.16. The lowest BCUT2D eigenvalue weighted by atomic mass is 10.2. The second-order valence-electron chi connectivity index (χ2n) is 4.82. The first-order chi connectivity index (χ1) is 8.58. The quantitative estimate of drug-likeness (QED) is 0.771. The van der Waals surface area contributed by atoms with Crippen LogP contribution in [0.3, 0.4) is 0 Å². The maximum atomic E-state index is 5.87. The van der Waals surface area contributed by atoms with E-state index in [9.17, 15) is 0 Å². The summed E-state index contributed by atoms with van der Waals surface area (Å²) in [4.78, 5) is 2.23. The van der Waals surface area contributed by atoms with Crippen LogP contribution in [0.4, 0.5) is 0 Å². The van der Waals surface area contributed by atoms with Crippen molar-refractivity contribution in [2.45, 2.75) is 39.9 Å². The molecule has 0 aliphatic rings. The number of nitrogens with one attached hydrogen (secondary N) is 1. The van der Waals surface area contributed by atoms with Crippen molar-refractivity contribution in [1.82, 2.24) is 10.2 Å². The van der Waals surface area contributed by atoms with Crippen LogP contribution in [-0.4, -0.2) is 38.3 Å². The molecule has 1 heterocycles. The largest absolute Gasteiger partial charge is 0.463 e. The Morgan fingerprint density at radius 1 is 1.50 bits per heavy atom. The van der Waals surface area contributed by atoms with Crippen molar-refractivity contribution in [3.63, 3.8) is 0 Å². The number of hydrogen-bond acceptors (Lipinski definition) is 4. The zero-order chi connectivity index (χ0) is 13.5. The van der Waals surface area contributed by atoms with Crippen LogP contribution < -0.4 is 5.32 Å². The topological polar surface area (TPSA) is 37.6 Å². The number of likely N-dealkylation sites (N-methyl/N-ethyl adjacent to an activating group) is 1. The zero-order valence-corrected chi connectivity index (χ0v) is 12.2. The summed E-state index contributed by atoms with van der Waals surface area (Å²) in [5.41, 5.74) is 1.22. The lowest BCUT2D eigenvalue weighted by Gasteiger charge is -2.22. The molecule has 0 bridgehead atoms. The maximum absolute atomic E-state index is 5.87. The molecule has 0 amide bonds. The first kappa shape index (κ1) is 15.2. The second-order valence-corrected chi connectivity index (χ2v) is 4.82. The lowest BCUT2D eigenvalue weighted by Crippen LogP contribution is -2.32. The summed E-state index contributed by atoms with van der Waals surface area (Å²) >= 11 is 0. The Hall–Kier alpha value is -0.840. The van der Waals surface area contributed by atoms with E-state index in [2.05, 4.69) is 44.1 Å². The highest BCUT2D eigenvalue weighted by molar-refractivity contribution is 5.20. The third-order valence-corrected chi connectivity index (χ3v) is 3.17. The van der Waals surface area contributed by atoms with Crippen LogP contribution in [0.15, 0.2) is 10.5 Å². The van der Waals surface area contributed by atoms with Crippen LogP contribution in [-0.2, 0) is 17.8 Å². The number of furan rings is 1. The Morgan fingerprint density at radius 2 is 2.22 bits per heavy atom. The third-order valence-electron chi connectivity index (χ3n) is 3.17. The van der Waals surface area contributed by atoms with Gasteiger partial charge in [0.25, 0.3) is 0 Å². The minimum atomic E-state index is 0.387. The van der Waals surface area contributed by atoms with Gasteiger partial charge in [0.15, 0.2) is 0 Å². The average Bonchev–Trinajstić information content (AvgIpc) is 2.67. The molecule has 0 aliphatic carbocycles. The van der Waals surface area contributed by atoms with Crippen molar-refractivity contribution in [2.24, 2.45) is 0 Å². The first-order valence-electron chi connectivity index (χ1n) is 6.56. The lowest BCUT2D eigenvalue weighted by molar-refractivity contribution is 0.107. The molecule has 0 radical (unpaired) electrons. The minimum Gasteiger partial charge on any atom is -0.463 e. The molecule has 1 atom stereocenters. The first-order valence-corrected chi connectivity index (χ1v) is 6.56. The Bertz CT molecular complexity index is 350. The van der Waals surface area contributed by atoms with Crippen molar-refractivity contribution in [1.29, 1.82) is 0 Å². The van der Waals surface area contributed by atoms with E-state index in [0.717, 1.165) is 37.8 Å². The molecule has 0 spiro atoms. The minimum absolute atomic E-state index is 0.387. The van der Waals surface area contributed by atoms with Crippen LogP contribution in [0, 0.1) is 6.92 Å². The molecule has 1 aromatic heterocycles. The van der Waals surface area contributed by atoms with Crippen molar-refractivity contribution >= 4 is 0 Å². The SMILES string of the molecule is CCNCc1oc(CN(C)C(C)COC)cc1C. The highest BCUT2D eigenvalue weighted by Gasteiger charge is 2.13. The molecule has 0 aromatic carbocycles. The molecule has 4 heteroatoms. The maximum Gasteiger partial charge on any atom is 0.120 e. The molecule has 1 aromatic rings. The molecule has 1 rings (SSSR count). The van der Waals surface area contributed by atoms with Gasteiger partial charge < -0.3 is 14.5 Å². The van der Waals surface area contributed by atoms with E-state index in [1.807, 2.05) is 0 Å². The van der Waals surface area contributed by atoms with Crippen molar-refractivity contribution in [3.05, 3.63) is 23.2 Å². The van der Waals surface area contributed by atoms with Crippen molar-refractivity contribution in [3.8, 4) is 0 Å². The van der Waals surface area contributed by atoms with E-state index in [4.69, 9.17) is 9.15 Å². The van der Waals surface area contributed by atoms with E-state index in [1.165, 1.54) is 5.56 Å². The number of rotatable bonds is 8. The van der Waals surface area contributed by atoms with Crippen LogP contribution in [0.2, 0.25) is 0 Å². The molecule has 0 fully saturated rings. The van der Waals surface area contributed by atoms with Gasteiger partial charge in [-0.15, -0.1) is 0 Å². The zero-order valence-electron chi connectivity index (χ0n) is 12.2. The summed E-state index contributed by atoms with van der Waals surface area (Å²) in [7, 11) is 3.82. The van der Waals surface area contributed by atoms with E-state index in [-0.39, 0.29) is 0 Å². The molecule has 1 unspecified atom stereocenters. The summed E-state index contributed by atoms with van der Waals surface area (Å²) in [6, 6.07) is 2.51. The van der Waals surface area contributed by atoms with Gasteiger partial charge in [-0.2, -0.15) is 0 Å². The number of ether oxygens (including phenoxy) is 1. The van der Waals surface area contributed by atoms with Gasteiger partial charge in [-0.3, -0.25) is 4.90 Å². The van der Waals surface area contributed by atoms with Gasteiger partial charge in [0, 0.05) is 13.2 Å². The van der Waals surface area contributed by atoms with Gasteiger partial charge in [-0.05, 0) is 39.1 Å². The van der Waals surface area contributed by atoms with E-state index >= 15 is 0 Å². The van der Waals surface area contributed by atoms with Crippen molar-refractivity contribution < 1.29 is 9.15 Å². The predicted molar refractivity (Wildman–Crippen MR) is 73.6 cm³/mol. The summed E-state index contributed by atoms with van der Waals surface area (Å²) < 4.78 is 11.0. The second kappa shape index (κ2) is 7.56. The summed E-state index contributed by atoms with van der Waals surface area (Å²) in [6.07, 6.45) is 0. The summed E-state index contributed by atoms with van der Waals surface area (Å²) in [6.45, 7) is 9.66. The van der Waals surface area contributed by atoms with E-state index < -0.39 is 0 Å². The van der Waals surface area contributed by atoms with Crippen LogP contribution in [0.1, 0.15) is 30.9 Å². The molecule has 0 aliphatic heterocycles. The summed E-state index contributed by atoms with van der Waals surface area (Å²) in [5, 5.41) is 3.29. The van der Waals surface area contributed by atoms with E-state index in [0.29, 0.717) is 6.04 Å². The van der Waals surface area contributed by atoms with Gasteiger partial charge in [0.1, 0.15) is 11.5 Å². The fraction of sp³-hybridized carbons (Fsp3) is 0.714. The number of hydrogen-bond donors (Lipinski definition) is 1. The fourth-order valence-electron chi connectivity index (χ4n) is 1.85. The molecule has 0 saturated carbocycles. The smallest absolute Gasteiger partial charge is 0.120 e. The summed E-state index contributed by atoms with van der Waals surface area (Å²) in [5.74, 6) is 2.06. The normalized spacial score (nSPS) is 13.2. The van der Waals surface area contributed by atoms with Gasteiger partial charge in [0.05, 0.1) is 19.7 Å². The number of nitrogens with zero attached hydrogens (tertiary/aromatic N) is 1. The Morgan fingerprint density at radius 3 is 2.83 bits per heavy atom. The average molecular weight is 254 g/mol. The highest BCUT2D eigenvalue weighted by atomic mass is 16.5.